The second-order valence-electron chi connectivity index (χ2n) is 9.87. The number of carbonyl (C=O) groups is 2. The van der Waals surface area contributed by atoms with Gasteiger partial charge in [0.25, 0.3) is 5.91 Å². The van der Waals surface area contributed by atoms with Crippen molar-refractivity contribution in [3.63, 3.8) is 0 Å². The number of hydrogen-bond donors (Lipinski definition) is 1. The number of piperidine rings is 1. The van der Waals surface area contributed by atoms with Crippen molar-refractivity contribution in [1.82, 2.24) is 19.8 Å². The van der Waals surface area contributed by atoms with Crippen LogP contribution in [0.15, 0.2) is 48.5 Å². The number of nitrogens with one attached hydrogen (secondary N) is 1. The Balaban J connectivity index is 1.19. The Hall–Kier alpha value is -3.36. The van der Waals surface area contributed by atoms with E-state index < -0.39 is 6.09 Å². The Labute approximate surface area is 224 Å². The third-order valence-corrected chi connectivity index (χ3v) is 8.83. The molecule has 3 heterocycles. The molecule has 2 aromatic heterocycles. The number of halogens is 1. The van der Waals surface area contributed by atoms with Gasteiger partial charge in [0.1, 0.15) is 5.69 Å². The van der Waals surface area contributed by atoms with Crippen LogP contribution in [-0.4, -0.2) is 45.6 Å². The van der Waals surface area contributed by atoms with E-state index in [9.17, 15) is 9.59 Å². The lowest BCUT2D eigenvalue weighted by Crippen LogP contribution is -2.46. The van der Waals surface area contributed by atoms with Gasteiger partial charge in [0.15, 0.2) is 5.75 Å². The largest absolute Gasteiger partial charge is 0.412 e. The van der Waals surface area contributed by atoms with Crippen LogP contribution in [0.4, 0.5) is 4.79 Å². The average molecular weight is 535 g/mol. The molecule has 2 aliphatic rings. The molecule has 2 aromatic carbocycles. The summed E-state index contributed by atoms with van der Waals surface area (Å²) in [4.78, 5) is 33.9. The standard InChI is InChI=1S/C28H27ClN4O3S/c1-15-25(20-9-4-5-10-22(20)32(15)3)36-28(35)30-13-23-21-12-18(21)14-33(23)27(34)24-26(37-16(2)31-24)17-7-6-8-19(29)11-17/h4-11,18,21,23H,12-14H2,1-3H3,(H,30,35)/t18-,21-,23+/m0/s1. The maximum absolute atomic E-state index is 13.7. The lowest BCUT2D eigenvalue weighted by molar-refractivity contribution is 0.0700. The number of aromatic nitrogens is 2. The van der Waals surface area contributed by atoms with Crippen molar-refractivity contribution in [2.24, 2.45) is 18.9 Å². The molecule has 6 rings (SSSR count). The number of rotatable bonds is 5. The minimum atomic E-state index is -0.514. The van der Waals surface area contributed by atoms with Crippen LogP contribution in [0.5, 0.6) is 5.75 Å². The molecule has 1 saturated heterocycles. The summed E-state index contributed by atoms with van der Waals surface area (Å²) >= 11 is 7.71. The number of hydrogen-bond acceptors (Lipinski definition) is 5. The monoisotopic (exact) mass is 534 g/mol. The number of aryl methyl sites for hydroxylation is 2. The second kappa shape index (κ2) is 9.19. The Kier molecular flexibility index (Phi) is 5.96. The van der Waals surface area contributed by atoms with Crippen LogP contribution in [-0.2, 0) is 7.05 Å². The predicted molar refractivity (Wildman–Crippen MR) is 145 cm³/mol. The summed E-state index contributed by atoms with van der Waals surface area (Å²) in [6, 6.07) is 15.2. The quantitative estimate of drug-likeness (QED) is 0.350. The van der Waals surface area contributed by atoms with E-state index >= 15 is 0 Å². The van der Waals surface area contributed by atoms with Crippen molar-refractivity contribution in [2.45, 2.75) is 26.3 Å². The molecular formula is C28H27ClN4O3S. The number of benzene rings is 2. The van der Waals surface area contributed by atoms with Gasteiger partial charge in [-0.3, -0.25) is 4.79 Å². The molecule has 0 bridgehead atoms. The highest BCUT2D eigenvalue weighted by atomic mass is 35.5. The van der Waals surface area contributed by atoms with E-state index in [0.717, 1.165) is 38.5 Å². The SMILES string of the molecule is Cc1nc(C(=O)N2C[C@@H]3C[C@@H]3[C@H]2CNC(=O)Oc2c(C)n(C)c3ccccc23)c(-c2cccc(Cl)c2)s1. The van der Waals surface area contributed by atoms with Crippen LogP contribution in [0.2, 0.25) is 5.02 Å². The highest BCUT2D eigenvalue weighted by Gasteiger charge is 2.54. The van der Waals surface area contributed by atoms with Gasteiger partial charge in [-0.2, -0.15) is 0 Å². The first kappa shape index (κ1) is 24.0. The summed E-state index contributed by atoms with van der Waals surface area (Å²) in [6.07, 6.45) is 0.560. The molecule has 0 spiro atoms. The lowest BCUT2D eigenvalue weighted by Gasteiger charge is -2.27. The Morgan fingerprint density at radius 3 is 2.81 bits per heavy atom. The van der Waals surface area contributed by atoms with E-state index in [0.29, 0.717) is 41.4 Å². The Morgan fingerprint density at radius 2 is 2.00 bits per heavy atom. The molecule has 1 aliphatic heterocycles. The van der Waals surface area contributed by atoms with Gasteiger partial charge >= 0.3 is 6.09 Å². The molecule has 190 valence electrons. The van der Waals surface area contributed by atoms with Gasteiger partial charge in [-0.1, -0.05) is 35.9 Å². The van der Waals surface area contributed by atoms with Crippen LogP contribution >= 0.6 is 22.9 Å². The van der Waals surface area contributed by atoms with Crippen molar-refractivity contribution < 1.29 is 14.3 Å². The van der Waals surface area contributed by atoms with Gasteiger partial charge in [0, 0.05) is 30.5 Å². The van der Waals surface area contributed by atoms with Gasteiger partial charge in [-0.25, -0.2) is 9.78 Å². The fourth-order valence-electron chi connectivity index (χ4n) is 5.53. The predicted octanol–water partition coefficient (Wildman–Crippen LogP) is 5.82. The summed E-state index contributed by atoms with van der Waals surface area (Å²) in [5.41, 5.74) is 3.22. The number of nitrogens with zero attached hydrogens (tertiary/aromatic N) is 3. The zero-order chi connectivity index (χ0) is 25.8. The number of para-hydroxylation sites is 1. The van der Waals surface area contributed by atoms with Crippen LogP contribution in [0.25, 0.3) is 21.3 Å². The minimum Gasteiger partial charge on any atom is -0.408 e. The number of amides is 2. The summed E-state index contributed by atoms with van der Waals surface area (Å²) < 4.78 is 7.77. The van der Waals surface area contributed by atoms with Gasteiger partial charge in [-0.15, -0.1) is 11.3 Å². The second-order valence-corrected chi connectivity index (χ2v) is 11.5. The summed E-state index contributed by atoms with van der Waals surface area (Å²) in [7, 11) is 1.95. The minimum absolute atomic E-state index is 0.0899. The van der Waals surface area contributed by atoms with E-state index in [2.05, 4.69) is 10.3 Å². The maximum atomic E-state index is 13.7. The van der Waals surface area contributed by atoms with E-state index in [-0.39, 0.29) is 11.9 Å². The van der Waals surface area contributed by atoms with Gasteiger partial charge < -0.3 is 19.5 Å². The highest BCUT2D eigenvalue weighted by Crippen LogP contribution is 2.50. The van der Waals surface area contributed by atoms with Gasteiger partial charge in [0.05, 0.1) is 27.1 Å². The lowest BCUT2D eigenvalue weighted by atomic mass is 10.1. The number of ether oxygens (including phenoxy) is 1. The van der Waals surface area contributed by atoms with Gasteiger partial charge in [-0.05, 0) is 61.9 Å². The Bertz CT molecular complexity index is 1540. The number of fused-ring (bicyclic) bond motifs is 2. The molecule has 1 N–H and O–H groups in total. The van der Waals surface area contributed by atoms with Gasteiger partial charge in [0.2, 0.25) is 0 Å². The third kappa shape index (κ3) is 4.28. The fourth-order valence-corrected chi connectivity index (χ4v) is 6.63. The van der Waals surface area contributed by atoms with Crippen molar-refractivity contribution in [3.05, 3.63) is 69.9 Å². The molecular weight excluding hydrogens is 508 g/mol. The molecule has 37 heavy (non-hydrogen) atoms. The number of carbonyl (C=O) groups excluding carboxylic acids is 2. The first-order valence-electron chi connectivity index (χ1n) is 12.4. The molecule has 9 heteroatoms. The van der Waals surface area contributed by atoms with Crippen molar-refractivity contribution in [2.75, 3.05) is 13.1 Å². The summed E-state index contributed by atoms with van der Waals surface area (Å²) in [5.74, 6) is 1.32. The molecule has 7 nitrogen and oxygen atoms in total. The van der Waals surface area contributed by atoms with Crippen molar-refractivity contribution >= 4 is 45.8 Å². The molecule has 0 radical (unpaired) electrons. The molecule has 0 unspecified atom stereocenters. The van der Waals surface area contributed by atoms with Crippen LogP contribution in [0.1, 0.15) is 27.6 Å². The average Bonchev–Trinajstić information content (AvgIpc) is 3.30. The van der Waals surface area contributed by atoms with Crippen LogP contribution in [0, 0.1) is 25.7 Å². The molecule has 4 aromatic rings. The normalized spacial score (nSPS) is 20.2. The first-order valence-corrected chi connectivity index (χ1v) is 13.5. The summed E-state index contributed by atoms with van der Waals surface area (Å²) in [6.45, 7) is 4.85. The molecule has 3 atom stereocenters. The van der Waals surface area contributed by atoms with Crippen LogP contribution in [0.3, 0.4) is 0 Å². The van der Waals surface area contributed by atoms with E-state index in [1.165, 1.54) is 11.3 Å². The summed E-state index contributed by atoms with van der Waals surface area (Å²) in [5, 5.41) is 5.26. The maximum Gasteiger partial charge on any atom is 0.412 e. The smallest absolute Gasteiger partial charge is 0.408 e. The van der Waals surface area contributed by atoms with Crippen LogP contribution < -0.4 is 10.1 Å². The molecule has 2 fully saturated rings. The van der Waals surface area contributed by atoms with Crippen molar-refractivity contribution in [1.29, 1.82) is 0 Å². The fraction of sp³-hybridized carbons (Fsp3) is 0.321. The molecule has 1 aliphatic carbocycles. The Morgan fingerprint density at radius 1 is 1.19 bits per heavy atom. The molecule has 2 amide bonds. The highest BCUT2D eigenvalue weighted by molar-refractivity contribution is 7.15. The van der Waals surface area contributed by atoms with E-state index in [4.69, 9.17) is 16.3 Å². The van der Waals surface area contributed by atoms with E-state index in [1.807, 2.05) is 78.9 Å². The molecule has 1 saturated carbocycles. The zero-order valence-electron chi connectivity index (χ0n) is 20.8. The zero-order valence-corrected chi connectivity index (χ0v) is 22.4. The number of thiazole rings is 1. The van der Waals surface area contributed by atoms with Crippen molar-refractivity contribution in [3.8, 4) is 16.2 Å². The number of likely N-dealkylation sites (tertiary alicyclic amines) is 1. The van der Waals surface area contributed by atoms with E-state index in [1.54, 1.807) is 0 Å². The topological polar surface area (TPSA) is 76.5 Å². The third-order valence-electron chi connectivity index (χ3n) is 7.58. The first-order chi connectivity index (χ1) is 17.8.